The molecule has 1 aliphatic heterocycles. The van der Waals surface area contributed by atoms with E-state index in [-0.39, 0.29) is 30.0 Å². The molecular weight excluding hydrogens is 441 g/mol. The Morgan fingerprint density at radius 1 is 1.21 bits per heavy atom. The number of fused-ring (bicyclic) bond motifs is 1. The Hall–Kier alpha value is -3.31. The van der Waals surface area contributed by atoms with Crippen LogP contribution in [-0.4, -0.2) is 65.9 Å². The van der Waals surface area contributed by atoms with Gasteiger partial charge in [0.25, 0.3) is 0 Å². The zero-order valence-corrected chi connectivity index (χ0v) is 18.7. The molecule has 0 radical (unpaired) electrons. The van der Waals surface area contributed by atoms with Crippen molar-refractivity contribution in [2.45, 2.75) is 51.1 Å². The van der Waals surface area contributed by atoms with Crippen LogP contribution < -0.4 is 24.6 Å². The Morgan fingerprint density at radius 2 is 1.94 bits per heavy atom. The molecule has 0 saturated heterocycles. The number of hydrogen-bond donors (Lipinski definition) is 1. The standard InChI is InChI=1S/C21H25F3N6O3/c1-11-17-18(29(3)12(2)19(31)30(17)4)28-20(26-11)27-13-7-15(8-13)33-14-5-6-16(25-9-14)32-10-21(22,23)24/h5-6,9,12-13,15H,7-8,10H2,1-4H3,(H,26,27,28)/t12-,13-,15-/m0/s1. The van der Waals surface area contributed by atoms with Gasteiger partial charge in [-0.15, -0.1) is 0 Å². The van der Waals surface area contributed by atoms with E-state index in [9.17, 15) is 18.0 Å². The number of anilines is 3. The van der Waals surface area contributed by atoms with Gasteiger partial charge < -0.3 is 24.6 Å². The van der Waals surface area contributed by atoms with Crippen molar-refractivity contribution in [3.63, 3.8) is 0 Å². The topological polar surface area (TPSA) is 92.7 Å². The molecule has 0 aromatic carbocycles. The summed E-state index contributed by atoms with van der Waals surface area (Å²) in [6.45, 7) is 2.30. The van der Waals surface area contributed by atoms with Crippen molar-refractivity contribution >= 4 is 23.4 Å². The van der Waals surface area contributed by atoms with Gasteiger partial charge in [0.15, 0.2) is 12.4 Å². The van der Waals surface area contributed by atoms with Gasteiger partial charge in [0.05, 0.1) is 11.9 Å². The lowest BCUT2D eigenvalue weighted by Gasteiger charge is -2.38. The van der Waals surface area contributed by atoms with E-state index in [0.29, 0.717) is 41.7 Å². The predicted molar refractivity (Wildman–Crippen MR) is 115 cm³/mol. The zero-order valence-electron chi connectivity index (χ0n) is 18.7. The maximum absolute atomic E-state index is 12.4. The third-order valence-electron chi connectivity index (χ3n) is 5.80. The summed E-state index contributed by atoms with van der Waals surface area (Å²) in [5.41, 5.74) is 1.42. The summed E-state index contributed by atoms with van der Waals surface area (Å²) in [7, 11) is 3.57. The van der Waals surface area contributed by atoms with Crippen molar-refractivity contribution in [1.82, 2.24) is 15.0 Å². The molecule has 1 amide bonds. The number of rotatable bonds is 6. The zero-order chi connectivity index (χ0) is 23.9. The van der Waals surface area contributed by atoms with Gasteiger partial charge >= 0.3 is 6.18 Å². The molecule has 33 heavy (non-hydrogen) atoms. The van der Waals surface area contributed by atoms with E-state index >= 15 is 0 Å². The van der Waals surface area contributed by atoms with Crippen LogP contribution in [0.25, 0.3) is 0 Å². The number of halogens is 3. The van der Waals surface area contributed by atoms with Gasteiger partial charge in [-0.3, -0.25) is 4.79 Å². The van der Waals surface area contributed by atoms with Crippen LogP contribution in [0, 0.1) is 6.92 Å². The first kappa shape index (κ1) is 22.9. The number of likely N-dealkylation sites (N-methyl/N-ethyl adjacent to an activating group) is 2. The number of aryl methyl sites for hydroxylation is 1. The lowest BCUT2D eigenvalue weighted by Crippen LogP contribution is -2.50. The molecular formula is C21H25F3N6O3. The van der Waals surface area contributed by atoms with Crippen LogP contribution in [0.5, 0.6) is 11.6 Å². The number of carbonyl (C=O) groups is 1. The largest absolute Gasteiger partial charge is 0.489 e. The van der Waals surface area contributed by atoms with E-state index in [1.165, 1.54) is 18.3 Å². The van der Waals surface area contributed by atoms with Gasteiger partial charge in [0.1, 0.15) is 23.6 Å². The molecule has 9 nitrogen and oxygen atoms in total. The summed E-state index contributed by atoms with van der Waals surface area (Å²) in [5.74, 6) is 1.53. The summed E-state index contributed by atoms with van der Waals surface area (Å²) in [6, 6.07) is 2.67. The Kier molecular flexibility index (Phi) is 5.93. The minimum absolute atomic E-state index is 0.00849. The Labute approximate surface area is 188 Å². The fourth-order valence-electron chi connectivity index (χ4n) is 3.83. The molecule has 2 aromatic heterocycles. The average Bonchev–Trinajstić information content (AvgIpc) is 2.73. The Bertz CT molecular complexity index is 1030. The number of hydrogen-bond acceptors (Lipinski definition) is 8. The molecule has 0 spiro atoms. The van der Waals surface area contributed by atoms with E-state index in [1.54, 1.807) is 11.9 Å². The van der Waals surface area contributed by atoms with Gasteiger partial charge in [-0.25, -0.2) is 9.97 Å². The van der Waals surface area contributed by atoms with Gasteiger partial charge in [0.2, 0.25) is 17.7 Å². The second kappa shape index (κ2) is 8.56. The van der Waals surface area contributed by atoms with Crippen LogP contribution in [0.3, 0.4) is 0 Å². The quantitative estimate of drug-likeness (QED) is 0.695. The highest BCUT2D eigenvalue weighted by Gasteiger charge is 2.36. The molecule has 178 valence electrons. The lowest BCUT2D eigenvalue weighted by molar-refractivity contribution is -0.154. The van der Waals surface area contributed by atoms with E-state index in [4.69, 9.17) is 4.74 Å². The number of aromatic nitrogens is 3. The van der Waals surface area contributed by atoms with Crippen molar-refractivity contribution in [3.05, 3.63) is 24.0 Å². The van der Waals surface area contributed by atoms with E-state index in [2.05, 4.69) is 25.0 Å². The summed E-state index contributed by atoms with van der Waals surface area (Å²) in [4.78, 5) is 28.8. The molecule has 0 bridgehead atoms. The SMILES string of the molecule is Cc1nc(N[C@H]2C[C@H](Oc3ccc(OCC(F)(F)F)nc3)C2)nc2c1N(C)C(=O)[C@H](C)N2C. The van der Waals surface area contributed by atoms with E-state index in [1.807, 2.05) is 25.8 Å². The third-order valence-corrected chi connectivity index (χ3v) is 5.80. The maximum atomic E-state index is 12.4. The fourth-order valence-corrected chi connectivity index (χ4v) is 3.83. The van der Waals surface area contributed by atoms with Crippen LogP contribution in [0.15, 0.2) is 18.3 Å². The van der Waals surface area contributed by atoms with Gasteiger partial charge in [-0.1, -0.05) is 0 Å². The summed E-state index contributed by atoms with van der Waals surface area (Å²) in [5, 5.41) is 3.31. The minimum atomic E-state index is -4.41. The molecule has 4 rings (SSSR count). The van der Waals surface area contributed by atoms with Gasteiger partial charge in [-0.2, -0.15) is 18.2 Å². The van der Waals surface area contributed by atoms with Gasteiger partial charge in [-0.05, 0) is 19.9 Å². The summed E-state index contributed by atoms with van der Waals surface area (Å²) >= 11 is 0. The number of pyridine rings is 1. The summed E-state index contributed by atoms with van der Waals surface area (Å²) in [6.07, 6.45) is -1.72. The molecule has 1 atom stereocenters. The number of alkyl halides is 3. The number of nitrogens with zero attached hydrogens (tertiary/aromatic N) is 5. The molecule has 1 N–H and O–H groups in total. The van der Waals surface area contributed by atoms with Crippen LogP contribution in [0.4, 0.5) is 30.6 Å². The highest BCUT2D eigenvalue weighted by Crippen LogP contribution is 2.36. The molecule has 12 heteroatoms. The van der Waals surface area contributed by atoms with Crippen LogP contribution in [-0.2, 0) is 4.79 Å². The lowest BCUT2D eigenvalue weighted by atomic mass is 9.89. The maximum Gasteiger partial charge on any atom is 0.422 e. The van der Waals surface area contributed by atoms with Crippen molar-refractivity contribution in [2.75, 3.05) is 35.8 Å². The first-order valence-electron chi connectivity index (χ1n) is 10.5. The van der Waals surface area contributed by atoms with Crippen LogP contribution in [0.1, 0.15) is 25.5 Å². The predicted octanol–water partition coefficient (Wildman–Crippen LogP) is 2.94. The molecule has 0 unspecified atom stereocenters. The summed E-state index contributed by atoms with van der Waals surface area (Å²) < 4.78 is 47.0. The van der Waals surface area contributed by atoms with Crippen molar-refractivity contribution < 1.29 is 27.4 Å². The number of nitrogens with one attached hydrogen (secondary N) is 1. The normalized spacial score (nSPS) is 22.5. The smallest absolute Gasteiger partial charge is 0.422 e. The van der Waals surface area contributed by atoms with Crippen molar-refractivity contribution in [1.29, 1.82) is 0 Å². The number of carbonyl (C=O) groups excluding carboxylic acids is 1. The number of amides is 1. The average molecular weight is 466 g/mol. The minimum Gasteiger partial charge on any atom is -0.489 e. The second-order valence-electron chi connectivity index (χ2n) is 8.28. The van der Waals surface area contributed by atoms with Gasteiger partial charge in [0, 0.05) is 39.0 Å². The highest BCUT2D eigenvalue weighted by molar-refractivity contribution is 6.04. The second-order valence-corrected chi connectivity index (χ2v) is 8.28. The van der Waals surface area contributed by atoms with Crippen LogP contribution >= 0.6 is 0 Å². The van der Waals surface area contributed by atoms with E-state index < -0.39 is 12.8 Å². The molecule has 2 aromatic rings. The van der Waals surface area contributed by atoms with Crippen molar-refractivity contribution in [3.8, 4) is 11.6 Å². The first-order chi connectivity index (χ1) is 15.5. The number of ether oxygens (including phenoxy) is 2. The molecule has 1 fully saturated rings. The molecule has 1 aliphatic carbocycles. The Morgan fingerprint density at radius 3 is 2.58 bits per heavy atom. The van der Waals surface area contributed by atoms with Crippen LogP contribution in [0.2, 0.25) is 0 Å². The highest BCUT2D eigenvalue weighted by atomic mass is 19.4. The molecule has 3 heterocycles. The Balaban J connectivity index is 1.32. The monoisotopic (exact) mass is 466 g/mol. The third kappa shape index (κ3) is 4.88. The first-order valence-corrected chi connectivity index (χ1v) is 10.5. The fraction of sp³-hybridized carbons (Fsp3) is 0.524. The molecule has 2 aliphatic rings. The van der Waals surface area contributed by atoms with E-state index in [0.717, 1.165) is 0 Å². The van der Waals surface area contributed by atoms with Crippen molar-refractivity contribution in [2.24, 2.45) is 0 Å². The molecule has 1 saturated carbocycles.